The molecule has 0 fully saturated rings. The van der Waals surface area contributed by atoms with Gasteiger partial charge in [-0.15, -0.1) is 0 Å². The summed E-state index contributed by atoms with van der Waals surface area (Å²) in [4.78, 5) is 2.30. The first-order chi connectivity index (χ1) is 29.2. The van der Waals surface area contributed by atoms with E-state index in [1.165, 1.54) is 44.5 Å². The second-order valence-corrected chi connectivity index (χ2v) is 14.0. The highest BCUT2D eigenvalue weighted by molar-refractivity contribution is 5.96. The van der Waals surface area contributed by atoms with Crippen LogP contribution in [0.25, 0.3) is 56.6 Å². The average molecular weight is 694 g/mol. The lowest BCUT2D eigenvalue weighted by atomic mass is 9.70. The fraction of sp³-hybridized carbons (Fsp3) is 0.0189. The lowest BCUT2D eigenvalue weighted by molar-refractivity contribution is 0.793. The lowest BCUT2D eigenvalue weighted by Crippen LogP contribution is -2.26. The second kappa shape index (κ2) is 12.6. The van der Waals surface area contributed by atoms with E-state index < -0.39 is 18.5 Å². The number of benzene rings is 8. The Kier molecular flexibility index (Phi) is 6.05. The fourth-order valence-electron chi connectivity index (χ4n) is 8.77. The molecule has 1 spiro atoms. The van der Waals surface area contributed by atoms with Crippen LogP contribution in [0.5, 0.6) is 0 Å². The first kappa shape index (κ1) is 25.9. The van der Waals surface area contributed by atoms with Crippen molar-refractivity contribution in [2.45, 2.75) is 5.41 Å². The van der Waals surface area contributed by atoms with Crippen LogP contribution in [0.3, 0.4) is 0 Å². The Morgan fingerprint density at radius 1 is 0.389 bits per heavy atom. The Hall–Kier alpha value is -6.96. The molecule has 0 bridgehead atoms. The van der Waals surface area contributed by atoms with Crippen molar-refractivity contribution >= 4 is 29.2 Å². The van der Waals surface area contributed by atoms with Gasteiger partial charge in [0.05, 0.1) is 13.6 Å². The Balaban J connectivity index is 1.11. The Morgan fingerprint density at radius 2 is 0.741 bits per heavy atom. The van der Waals surface area contributed by atoms with Crippen LogP contribution in [0.4, 0.5) is 17.1 Å². The molecule has 2 aliphatic rings. The molecule has 0 saturated heterocycles. The third-order valence-corrected chi connectivity index (χ3v) is 11.2. The van der Waals surface area contributed by atoms with E-state index in [4.69, 9.17) is 8.22 Å². The van der Waals surface area contributed by atoms with E-state index in [2.05, 4.69) is 144 Å². The molecule has 0 amide bonds. The molecule has 8 aromatic rings. The monoisotopic (exact) mass is 693 g/mol. The Bertz CT molecular complexity index is 2840. The molecule has 254 valence electrons. The van der Waals surface area contributed by atoms with E-state index in [0.717, 1.165) is 39.3 Å². The van der Waals surface area contributed by atoms with Crippen LogP contribution < -0.4 is 4.90 Å². The van der Waals surface area contributed by atoms with Gasteiger partial charge in [-0.3, -0.25) is 0 Å². The summed E-state index contributed by atoms with van der Waals surface area (Å²) in [6.07, 6.45) is 0. The van der Waals surface area contributed by atoms with E-state index in [1.807, 2.05) is 24.3 Å². The number of fused-ring (bicyclic) bond motifs is 10. The summed E-state index contributed by atoms with van der Waals surface area (Å²) in [5.74, 6) is 0. The van der Waals surface area contributed by atoms with Crippen LogP contribution in [0.2, 0.25) is 0 Å². The smallest absolute Gasteiger partial charge is 0.0726 e. The Morgan fingerprint density at radius 3 is 1.15 bits per heavy atom. The lowest BCUT2D eigenvalue weighted by Gasteiger charge is -2.32. The zero-order valence-electron chi connectivity index (χ0n) is 35.3. The summed E-state index contributed by atoms with van der Waals surface area (Å²) >= 11 is 0. The van der Waals surface area contributed by atoms with Crippen LogP contribution in [-0.2, 0) is 5.41 Å². The molecule has 8 aromatic carbocycles. The third-order valence-electron chi connectivity index (χ3n) is 11.2. The number of hydrogen-bond acceptors (Lipinski definition) is 1. The van der Waals surface area contributed by atoms with Gasteiger partial charge >= 0.3 is 0 Å². The van der Waals surface area contributed by atoms with Crippen molar-refractivity contribution in [1.82, 2.24) is 0 Å². The SMILES string of the molecule is [2H]C([2H])=C([2H])c1ccc(-c2ccc(N(c3ccc(-c4ccc(C([2H])=C([2H])[2H])cc4)cc3)c3ccc4c(c3)C3(c5ccccc5-c5ccccc53)c3ccccc3-4)cc2)cc1. The van der Waals surface area contributed by atoms with Crippen molar-refractivity contribution in [2.75, 3.05) is 4.90 Å². The topological polar surface area (TPSA) is 3.24 Å². The fourth-order valence-corrected chi connectivity index (χ4v) is 8.77. The maximum Gasteiger partial charge on any atom is 0.0726 e. The van der Waals surface area contributed by atoms with Crippen LogP contribution >= 0.6 is 0 Å². The first-order valence-electron chi connectivity index (χ1n) is 21.2. The maximum atomic E-state index is 8.07. The molecular formula is C53H37N. The Labute approximate surface area is 325 Å². The van der Waals surface area contributed by atoms with Crippen molar-refractivity contribution in [2.24, 2.45) is 0 Å². The van der Waals surface area contributed by atoms with Gasteiger partial charge in [-0.2, -0.15) is 0 Å². The van der Waals surface area contributed by atoms with Crippen LogP contribution in [0, 0.1) is 0 Å². The molecule has 0 N–H and O–H groups in total. The second-order valence-electron chi connectivity index (χ2n) is 14.0. The van der Waals surface area contributed by atoms with Gasteiger partial charge in [0.1, 0.15) is 0 Å². The molecule has 0 aliphatic heterocycles. The molecule has 1 nitrogen and oxygen atoms in total. The standard InChI is InChI=1S/C53H37N/c1-3-36-17-21-38(22-18-36)40-25-29-42(30-26-40)54(43-31-27-41(28-32-43)39-23-19-37(4-2)20-24-39)44-33-34-48-47-13-7-10-16-51(47)53(52(48)35-44)49-14-8-5-11-45(49)46-12-6-9-15-50(46)53/h3-35H,1-2H2/i1D2,2D2,3D,4D. The van der Waals surface area contributed by atoms with Gasteiger partial charge in [0.25, 0.3) is 0 Å². The zero-order valence-corrected chi connectivity index (χ0v) is 29.3. The number of hydrogen-bond donors (Lipinski definition) is 0. The van der Waals surface area contributed by atoms with Gasteiger partial charge in [0, 0.05) is 17.1 Å². The summed E-state index contributed by atoms with van der Waals surface area (Å²) in [7, 11) is 0. The molecule has 0 aromatic heterocycles. The predicted octanol–water partition coefficient (Wildman–Crippen LogP) is 14.1. The summed E-state index contributed by atoms with van der Waals surface area (Å²) in [5.41, 5.74) is 17.6. The van der Waals surface area contributed by atoms with Gasteiger partial charge < -0.3 is 4.90 Å². The summed E-state index contributed by atoms with van der Waals surface area (Å²) in [6, 6.07) is 65.0. The highest BCUT2D eigenvalue weighted by atomic mass is 15.1. The summed E-state index contributed by atoms with van der Waals surface area (Å²) < 4.78 is 46.4. The van der Waals surface area contributed by atoms with Crippen molar-refractivity contribution < 1.29 is 8.22 Å². The number of anilines is 3. The van der Waals surface area contributed by atoms with Crippen LogP contribution in [0.1, 0.15) is 41.6 Å². The minimum absolute atomic E-state index is 0.106. The molecule has 0 saturated carbocycles. The van der Waals surface area contributed by atoms with Crippen molar-refractivity contribution in [3.05, 3.63) is 235 Å². The van der Waals surface area contributed by atoms with Gasteiger partial charge in [-0.05, 0) is 114 Å². The molecular weight excluding hydrogens is 651 g/mol. The number of rotatable bonds is 7. The molecule has 0 radical (unpaired) electrons. The molecule has 0 atom stereocenters. The molecule has 1 heteroatoms. The van der Waals surface area contributed by atoms with Crippen molar-refractivity contribution in [3.63, 3.8) is 0 Å². The van der Waals surface area contributed by atoms with Crippen molar-refractivity contribution in [1.29, 1.82) is 0 Å². The van der Waals surface area contributed by atoms with Crippen molar-refractivity contribution in [3.8, 4) is 44.5 Å². The molecule has 10 rings (SSSR count). The van der Waals surface area contributed by atoms with Gasteiger partial charge in [0.2, 0.25) is 0 Å². The van der Waals surface area contributed by atoms with E-state index in [-0.39, 0.29) is 12.1 Å². The average Bonchev–Trinajstić information content (AvgIpc) is 3.76. The minimum Gasteiger partial charge on any atom is -0.310 e. The quantitative estimate of drug-likeness (QED) is 0.161. The molecule has 0 heterocycles. The zero-order chi connectivity index (χ0) is 41.1. The maximum absolute atomic E-state index is 8.07. The van der Waals surface area contributed by atoms with Gasteiger partial charge in [0.15, 0.2) is 0 Å². The van der Waals surface area contributed by atoms with E-state index >= 15 is 0 Å². The molecule has 2 aliphatic carbocycles. The van der Waals surface area contributed by atoms with Crippen LogP contribution in [-0.4, -0.2) is 0 Å². The highest BCUT2D eigenvalue weighted by Gasteiger charge is 2.51. The largest absolute Gasteiger partial charge is 0.310 e. The van der Waals surface area contributed by atoms with Gasteiger partial charge in [-0.25, -0.2) is 0 Å². The predicted molar refractivity (Wildman–Crippen MR) is 228 cm³/mol. The van der Waals surface area contributed by atoms with Crippen LogP contribution in [0.15, 0.2) is 201 Å². The summed E-state index contributed by atoms with van der Waals surface area (Å²) in [6.45, 7) is -1.02. The number of nitrogens with zero attached hydrogens (tertiary/aromatic N) is 1. The van der Waals surface area contributed by atoms with E-state index in [0.29, 0.717) is 11.1 Å². The summed E-state index contributed by atoms with van der Waals surface area (Å²) in [5, 5.41) is 0. The van der Waals surface area contributed by atoms with E-state index in [9.17, 15) is 0 Å². The first-order valence-corrected chi connectivity index (χ1v) is 18.2. The normalized spacial score (nSPS) is 14.1. The third kappa shape index (κ3) is 4.79. The molecule has 54 heavy (non-hydrogen) atoms. The van der Waals surface area contributed by atoms with Gasteiger partial charge in [-0.1, -0.05) is 177 Å². The minimum atomic E-state index is -0.510. The van der Waals surface area contributed by atoms with E-state index in [1.54, 1.807) is 24.3 Å². The molecule has 0 unspecified atom stereocenters. The highest BCUT2D eigenvalue weighted by Crippen LogP contribution is 2.63.